The highest BCUT2D eigenvalue weighted by atomic mass is 28.3. The molecule has 0 unspecified atom stereocenters. The number of nitrogens with one attached hydrogen (secondary N) is 1. The minimum atomic E-state index is -2.15. The molecule has 1 aliphatic heterocycles. The molecule has 11 nitrogen and oxygen atoms in total. The molecule has 1 heterocycles. The first kappa shape index (κ1) is 41.2. The van der Waals surface area contributed by atoms with Gasteiger partial charge in [0, 0.05) is 25.3 Å². The van der Waals surface area contributed by atoms with Gasteiger partial charge in [-0.3, -0.25) is 19.3 Å². The van der Waals surface area contributed by atoms with Crippen LogP contribution in [0.25, 0.3) is 0 Å². The Morgan fingerprint density at radius 1 is 0.980 bits per heavy atom. The van der Waals surface area contributed by atoms with E-state index in [2.05, 4.69) is 18.4 Å². The first-order chi connectivity index (χ1) is 23.5. The lowest BCUT2D eigenvalue weighted by Crippen LogP contribution is -2.60. The smallest absolute Gasteiger partial charge is 0.410 e. The van der Waals surface area contributed by atoms with Gasteiger partial charge in [-0.05, 0) is 69.8 Å². The Bertz CT molecular complexity index is 1600. The molecule has 0 aromatic heterocycles. The summed E-state index contributed by atoms with van der Waals surface area (Å²) in [6.45, 7) is 18.3. The number of nitrogens with zero attached hydrogens (tertiary/aromatic N) is 3. The van der Waals surface area contributed by atoms with Crippen LogP contribution < -0.4 is 5.32 Å². The Morgan fingerprint density at radius 3 is 2.10 bits per heavy atom. The van der Waals surface area contributed by atoms with E-state index in [9.17, 15) is 24.0 Å². The van der Waals surface area contributed by atoms with Crippen LogP contribution in [-0.4, -0.2) is 96.6 Å². The van der Waals surface area contributed by atoms with E-state index in [0.29, 0.717) is 28.9 Å². The Kier molecular flexibility index (Phi) is 12.9. The van der Waals surface area contributed by atoms with E-state index in [-0.39, 0.29) is 12.5 Å². The lowest BCUT2D eigenvalue weighted by molar-refractivity contribution is -0.148. The first-order valence-electron chi connectivity index (χ1n) is 17.3. The van der Waals surface area contributed by atoms with E-state index < -0.39 is 73.0 Å². The van der Waals surface area contributed by atoms with Crippen LogP contribution in [0.2, 0.25) is 19.1 Å². The van der Waals surface area contributed by atoms with Crippen LogP contribution in [0.3, 0.4) is 0 Å². The Labute approximate surface area is 302 Å². The molecule has 1 aliphatic rings. The molecule has 0 radical (unpaired) electrons. The SMILES string of the molecule is COC(=O)c1ccc(CN(C(=O)[C@@H]2C[Si](C)(C)CN2C(=O)[C@@H](NC(=O)[C@H](C)N(C)C(=O)OC(C)(C)C)C(C)(C)C)[C@H](C)c2ccccc2F)cc1. The molecule has 0 saturated carbocycles. The van der Waals surface area contributed by atoms with Gasteiger partial charge in [0.05, 0.1) is 26.8 Å². The molecular formula is C38H55FN4O7Si. The molecule has 13 heteroatoms. The second-order valence-corrected chi connectivity index (χ2v) is 21.3. The maximum atomic E-state index is 15.2. The molecule has 1 saturated heterocycles. The summed E-state index contributed by atoms with van der Waals surface area (Å²) in [6.07, 6.45) is -0.293. The largest absolute Gasteiger partial charge is 0.465 e. The Morgan fingerprint density at radius 2 is 1.57 bits per heavy atom. The fourth-order valence-corrected chi connectivity index (χ4v) is 8.98. The van der Waals surface area contributed by atoms with Crippen molar-refractivity contribution in [3.8, 4) is 0 Å². The maximum absolute atomic E-state index is 15.2. The zero-order valence-electron chi connectivity index (χ0n) is 32.1. The van der Waals surface area contributed by atoms with Crippen molar-refractivity contribution in [2.24, 2.45) is 5.41 Å². The maximum Gasteiger partial charge on any atom is 0.410 e. The number of likely N-dealkylation sites (N-methyl/N-ethyl adjacent to an activating group) is 1. The van der Waals surface area contributed by atoms with Gasteiger partial charge in [0.1, 0.15) is 29.5 Å². The topological polar surface area (TPSA) is 126 Å². The van der Waals surface area contributed by atoms with E-state index in [1.54, 1.807) is 86.9 Å². The Balaban J connectivity index is 1.99. The fourth-order valence-electron chi connectivity index (χ4n) is 6.11. The summed E-state index contributed by atoms with van der Waals surface area (Å²) in [6, 6.07) is 9.86. The number of ether oxygens (including phenoxy) is 2. The van der Waals surface area contributed by atoms with Crippen LogP contribution in [0.5, 0.6) is 0 Å². The van der Waals surface area contributed by atoms with Gasteiger partial charge >= 0.3 is 12.1 Å². The van der Waals surface area contributed by atoms with Crippen molar-refractivity contribution in [1.29, 1.82) is 0 Å². The molecule has 1 N–H and O–H groups in total. The normalized spacial score (nSPS) is 17.5. The van der Waals surface area contributed by atoms with Gasteiger partial charge in [0.15, 0.2) is 0 Å². The summed E-state index contributed by atoms with van der Waals surface area (Å²) in [5.41, 5.74) is -0.144. The number of amides is 4. The predicted octanol–water partition coefficient (Wildman–Crippen LogP) is 5.95. The lowest BCUT2D eigenvalue weighted by atomic mass is 9.85. The molecule has 2 aromatic carbocycles. The third-order valence-electron chi connectivity index (χ3n) is 9.16. The number of benzene rings is 2. The number of esters is 1. The van der Waals surface area contributed by atoms with Gasteiger partial charge in [0.25, 0.3) is 0 Å². The predicted molar refractivity (Wildman–Crippen MR) is 196 cm³/mol. The van der Waals surface area contributed by atoms with Crippen LogP contribution in [0.4, 0.5) is 9.18 Å². The molecule has 4 atom stereocenters. The van der Waals surface area contributed by atoms with Crippen LogP contribution in [0.1, 0.15) is 82.9 Å². The minimum Gasteiger partial charge on any atom is -0.465 e. The highest BCUT2D eigenvalue weighted by Gasteiger charge is 2.50. The minimum absolute atomic E-state index is 0.0876. The van der Waals surface area contributed by atoms with E-state index >= 15 is 4.39 Å². The van der Waals surface area contributed by atoms with Crippen LogP contribution in [0, 0.1) is 11.2 Å². The van der Waals surface area contributed by atoms with Crippen molar-refractivity contribution >= 4 is 37.9 Å². The van der Waals surface area contributed by atoms with Gasteiger partial charge in [-0.15, -0.1) is 0 Å². The number of hydrogen-bond acceptors (Lipinski definition) is 7. The molecule has 280 valence electrons. The molecule has 0 aliphatic carbocycles. The quantitative estimate of drug-likeness (QED) is 0.237. The first-order valence-corrected chi connectivity index (χ1v) is 20.7. The Hall–Kier alpha value is -4.26. The lowest BCUT2D eigenvalue weighted by Gasteiger charge is -2.39. The van der Waals surface area contributed by atoms with Crippen LogP contribution in [0.15, 0.2) is 48.5 Å². The molecule has 51 heavy (non-hydrogen) atoms. The molecule has 3 rings (SSSR count). The summed E-state index contributed by atoms with van der Waals surface area (Å²) >= 11 is 0. The van der Waals surface area contributed by atoms with E-state index in [4.69, 9.17) is 9.47 Å². The summed E-state index contributed by atoms with van der Waals surface area (Å²) in [5, 5.41) is 2.89. The molecule has 1 fully saturated rings. The van der Waals surface area contributed by atoms with Crippen LogP contribution >= 0.6 is 0 Å². The molecule has 0 spiro atoms. The molecule has 4 amide bonds. The van der Waals surface area contributed by atoms with Gasteiger partial charge < -0.3 is 24.6 Å². The van der Waals surface area contributed by atoms with Crippen molar-refractivity contribution in [3.05, 3.63) is 71.0 Å². The van der Waals surface area contributed by atoms with Crippen molar-refractivity contribution in [1.82, 2.24) is 20.0 Å². The molecule has 2 aromatic rings. The van der Waals surface area contributed by atoms with Crippen molar-refractivity contribution < 1.29 is 37.8 Å². The fraction of sp³-hybridized carbons (Fsp3) is 0.553. The number of carbonyl (C=O) groups excluding carboxylic acids is 5. The highest BCUT2D eigenvalue weighted by Crippen LogP contribution is 2.34. The van der Waals surface area contributed by atoms with Crippen molar-refractivity contribution in [3.63, 3.8) is 0 Å². The van der Waals surface area contributed by atoms with Crippen molar-refractivity contribution in [2.45, 2.75) is 111 Å². The average Bonchev–Trinajstić information content (AvgIpc) is 3.38. The number of methoxy groups -OCH3 is 1. The number of hydrogen-bond donors (Lipinski definition) is 1. The van der Waals surface area contributed by atoms with Gasteiger partial charge in [-0.1, -0.05) is 64.2 Å². The number of halogens is 1. The zero-order valence-corrected chi connectivity index (χ0v) is 33.1. The third kappa shape index (κ3) is 10.4. The van der Waals surface area contributed by atoms with E-state index in [1.165, 1.54) is 25.1 Å². The van der Waals surface area contributed by atoms with E-state index in [0.717, 1.165) is 0 Å². The summed E-state index contributed by atoms with van der Waals surface area (Å²) in [4.78, 5) is 72.1. The molecular weight excluding hydrogens is 672 g/mol. The monoisotopic (exact) mass is 726 g/mol. The van der Waals surface area contributed by atoms with Crippen LogP contribution in [-0.2, 0) is 30.4 Å². The van der Waals surface area contributed by atoms with Gasteiger partial charge in [-0.25, -0.2) is 14.0 Å². The zero-order chi connectivity index (χ0) is 38.6. The summed E-state index contributed by atoms with van der Waals surface area (Å²) < 4.78 is 25.4. The van der Waals surface area contributed by atoms with Crippen molar-refractivity contribution in [2.75, 3.05) is 20.3 Å². The molecule has 0 bridgehead atoms. The van der Waals surface area contributed by atoms with E-state index in [1.807, 2.05) is 20.8 Å². The standard InChI is InChI=1S/C38H55FN4O7Si/c1-24(28-15-13-14-16-29(28)39)42(21-26-17-19-27(20-18-26)35(47)49-10)33(45)30-22-51(11,12)23-43(30)34(46)31(37(3,4)5)40-32(44)25(2)41(9)36(48)50-38(6,7)8/h13-20,24-25,30-31H,21-23H2,1-12H3,(H,40,44)/t24-,25+,30+,31-/m1/s1. The average molecular weight is 727 g/mol. The van der Waals surface area contributed by atoms with Gasteiger partial charge in [0.2, 0.25) is 17.7 Å². The highest BCUT2D eigenvalue weighted by molar-refractivity contribution is 6.79. The number of carbonyl (C=O) groups is 5. The summed E-state index contributed by atoms with van der Waals surface area (Å²) in [5.74, 6) is -2.24. The second-order valence-electron chi connectivity index (χ2n) is 16.3. The van der Waals surface area contributed by atoms with Gasteiger partial charge in [-0.2, -0.15) is 0 Å². The number of rotatable bonds is 10. The third-order valence-corrected chi connectivity index (χ3v) is 11.9. The summed E-state index contributed by atoms with van der Waals surface area (Å²) in [7, 11) is 0.607. The second kappa shape index (κ2) is 16.0.